The summed E-state index contributed by atoms with van der Waals surface area (Å²) >= 11 is 0. The van der Waals surface area contributed by atoms with Gasteiger partial charge in [0.05, 0.1) is 25.5 Å². The van der Waals surface area contributed by atoms with Gasteiger partial charge in [0.2, 0.25) is 5.88 Å². The number of nitrogens with zero attached hydrogens (tertiary/aromatic N) is 1. The third-order valence-electron chi connectivity index (χ3n) is 3.21. The van der Waals surface area contributed by atoms with Gasteiger partial charge in [0.25, 0.3) is 10.1 Å². The normalized spacial score (nSPS) is 13.3. The Labute approximate surface area is 129 Å². The topological polar surface area (TPSA) is 65.5 Å². The van der Waals surface area contributed by atoms with Crippen LogP contribution in [0.2, 0.25) is 0 Å². The molecule has 7 heteroatoms. The second-order valence-corrected chi connectivity index (χ2v) is 6.89. The summed E-state index contributed by atoms with van der Waals surface area (Å²) in [5.41, 5.74) is 0.951. The van der Waals surface area contributed by atoms with Crippen molar-refractivity contribution < 1.29 is 21.7 Å². The summed E-state index contributed by atoms with van der Waals surface area (Å²) in [6, 6.07) is 6.55. The van der Waals surface area contributed by atoms with Gasteiger partial charge in [-0.05, 0) is 30.5 Å². The minimum absolute atomic E-state index is 0.00136. The lowest BCUT2D eigenvalue weighted by Gasteiger charge is -2.13. The van der Waals surface area contributed by atoms with Gasteiger partial charge in [0.1, 0.15) is 5.82 Å². The van der Waals surface area contributed by atoms with Gasteiger partial charge >= 0.3 is 0 Å². The van der Waals surface area contributed by atoms with Crippen LogP contribution in [0.1, 0.15) is 12.5 Å². The molecule has 0 aliphatic carbocycles. The Bertz CT molecular complexity index is 776. The number of halogens is 1. The van der Waals surface area contributed by atoms with Crippen LogP contribution in [0.5, 0.6) is 5.88 Å². The van der Waals surface area contributed by atoms with Gasteiger partial charge in [0.15, 0.2) is 0 Å². The molecule has 0 radical (unpaired) electrons. The molecule has 1 aromatic heterocycles. The SMILES string of the molecule is COc1ccc2ccc(F)c(CC(C)COS(C)(=O)=O)c2n1. The van der Waals surface area contributed by atoms with Gasteiger partial charge in [0, 0.05) is 17.0 Å². The maximum atomic E-state index is 14.1. The predicted octanol–water partition coefficient (Wildman–Crippen LogP) is 2.54. The van der Waals surface area contributed by atoms with E-state index in [1.807, 2.05) is 6.07 Å². The molecule has 22 heavy (non-hydrogen) atoms. The average molecular weight is 327 g/mol. The fraction of sp³-hybridized carbons (Fsp3) is 0.400. The van der Waals surface area contributed by atoms with E-state index >= 15 is 0 Å². The van der Waals surface area contributed by atoms with E-state index in [2.05, 4.69) is 4.98 Å². The summed E-state index contributed by atoms with van der Waals surface area (Å²) in [7, 11) is -2.01. The lowest BCUT2D eigenvalue weighted by molar-refractivity contribution is 0.266. The molecule has 0 aliphatic heterocycles. The van der Waals surface area contributed by atoms with Crippen LogP contribution in [-0.2, 0) is 20.7 Å². The Hall–Kier alpha value is -1.73. The third-order valence-corrected chi connectivity index (χ3v) is 3.78. The highest BCUT2D eigenvalue weighted by molar-refractivity contribution is 7.85. The number of benzene rings is 1. The molecule has 1 atom stereocenters. The first-order valence-corrected chi connectivity index (χ1v) is 8.58. The molecule has 2 aromatic rings. The number of fused-ring (bicyclic) bond motifs is 1. The van der Waals surface area contributed by atoms with Gasteiger partial charge < -0.3 is 4.74 Å². The van der Waals surface area contributed by atoms with Gasteiger partial charge in [-0.15, -0.1) is 0 Å². The quantitative estimate of drug-likeness (QED) is 0.763. The van der Waals surface area contributed by atoms with Crippen molar-refractivity contribution in [3.63, 3.8) is 0 Å². The van der Waals surface area contributed by atoms with Gasteiger partial charge in [-0.3, -0.25) is 4.18 Å². The molecule has 0 aliphatic rings. The van der Waals surface area contributed by atoms with Crippen molar-refractivity contribution in [2.75, 3.05) is 20.0 Å². The Kier molecular flexibility index (Phi) is 4.97. The lowest BCUT2D eigenvalue weighted by atomic mass is 9.98. The molecule has 0 fully saturated rings. The van der Waals surface area contributed by atoms with Crippen LogP contribution in [0.25, 0.3) is 10.9 Å². The lowest BCUT2D eigenvalue weighted by Crippen LogP contribution is -2.14. The maximum absolute atomic E-state index is 14.1. The van der Waals surface area contributed by atoms with E-state index in [1.165, 1.54) is 13.2 Å². The zero-order chi connectivity index (χ0) is 16.3. The molecule has 1 aromatic carbocycles. The van der Waals surface area contributed by atoms with Crippen LogP contribution in [0.4, 0.5) is 4.39 Å². The van der Waals surface area contributed by atoms with Crippen molar-refractivity contribution in [3.05, 3.63) is 35.6 Å². The standard InChI is InChI=1S/C15H18FNO4S/c1-10(9-21-22(3,18)19)8-12-13(16)6-4-11-5-7-14(20-2)17-15(11)12/h4-7,10H,8-9H2,1-3H3. The maximum Gasteiger partial charge on any atom is 0.264 e. The monoisotopic (exact) mass is 327 g/mol. The Morgan fingerprint density at radius 1 is 1.27 bits per heavy atom. The Morgan fingerprint density at radius 2 is 1.95 bits per heavy atom. The molecule has 1 unspecified atom stereocenters. The number of pyridine rings is 1. The van der Waals surface area contributed by atoms with Crippen molar-refractivity contribution in [2.45, 2.75) is 13.3 Å². The molecule has 0 saturated carbocycles. The van der Waals surface area contributed by atoms with Crippen LogP contribution < -0.4 is 4.74 Å². The van der Waals surface area contributed by atoms with E-state index in [-0.39, 0.29) is 18.3 Å². The predicted molar refractivity (Wildman–Crippen MR) is 81.9 cm³/mol. The third kappa shape index (κ3) is 4.14. The Balaban J connectivity index is 2.31. The van der Waals surface area contributed by atoms with Gasteiger partial charge in [-0.1, -0.05) is 6.92 Å². The van der Waals surface area contributed by atoms with E-state index in [4.69, 9.17) is 8.92 Å². The average Bonchev–Trinajstić information content (AvgIpc) is 2.47. The number of hydrogen-bond acceptors (Lipinski definition) is 5. The van der Waals surface area contributed by atoms with Crippen molar-refractivity contribution in [1.82, 2.24) is 4.98 Å². The highest BCUT2D eigenvalue weighted by atomic mass is 32.2. The first kappa shape index (κ1) is 16.6. The van der Waals surface area contributed by atoms with Crippen LogP contribution >= 0.6 is 0 Å². The van der Waals surface area contributed by atoms with Crippen molar-refractivity contribution in [2.24, 2.45) is 5.92 Å². The van der Waals surface area contributed by atoms with E-state index in [0.717, 1.165) is 11.6 Å². The molecule has 5 nitrogen and oxygen atoms in total. The number of hydrogen-bond donors (Lipinski definition) is 0. The van der Waals surface area contributed by atoms with Gasteiger partial charge in [-0.25, -0.2) is 9.37 Å². The summed E-state index contributed by atoms with van der Waals surface area (Å²) in [5.74, 6) is -0.151. The molecule has 0 saturated heterocycles. The number of aromatic nitrogens is 1. The van der Waals surface area contributed by atoms with Crippen LogP contribution in [0.15, 0.2) is 24.3 Å². The molecule has 0 amide bonds. The Morgan fingerprint density at radius 3 is 2.59 bits per heavy atom. The molecule has 1 heterocycles. The number of ether oxygens (including phenoxy) is 1. The van der Waals surface area contributed by atoms with E-state index in [9.17, 15) is 12.8 Å². The molecule has 0 spiro atoms. The molecule has 0 bridgehead atoms. The number of methoxy groups -OCH3 is 1. The minimum Gasteiger partial charge on any atom is -0.481 e. The second kappa shape index (κ2) is 6.58. The van der Waals surface area contributed by atoms with Crippen LogP contribution in [0, 0.1) is 11.7 Å². The second-order valence-electron chi connectivity index (χ2n) is 5.25. The molecule has 0 N–H and O–H groups in total. The van der Waals surface area contributed by atoms with E-state index in [1.54, 1.807) is 19.1 Å². The summed E-state index contributed by atoms with van der Waals surface area (Å²) < 4.78 is 46.0. The molecule has 2 rings (SSSR count). The number of rotatable bonds is 6. The highest BCUT2D eigenvalue weighted by Crippen LogP contribution is 2.25. The molecule has 120 valence electrons. The summed E-state index contributed by atoms with van der Waals surface area (Å²) in [6.45, 7) is 1.79. The zero-order valence-electron chi connectivity index (χ0n) is 12.7. The first-order valence-electron chi connectivity index (χ1n) is 6.76. The van der Waals surface area contributed by atoms with E-state index in [0.29, 0.717) is 23.4 Å². The minimum atomic E-state index is -3.50. The van der Waals surface area contributed by atoms with E-state index < -0.39 is 10.1 Å². The summed E-state index contributed by atoms with van der Waals surface area (Å²) in [4.78, 5) is 4.30. The van der Waals surface area contributed by atoms with Gasteiger partial charge in [-0.2, -0.15) is 8.42 Å². The summed E-state index contributed by atoms with van der Waals surface area (Å²) in [6.07, 6.45) is 1.31. The fourth-order valence-electron chi connectivity index (χ4n) is 2.16. The first-order chi connectivity index (χ1) is 10.3. The zero-order valence-corrected chi connectivity index (χ0v) is 13.5. The van der Waals surface area contributed by atoms with Crippen LogP contribution in [-0.4, -0.2) is 33.4 Å². The van der Waals surface area contributed by atoms with Crippen molar-refractivity contribution in [1.29, 1.82) is 0 Å². The highest BCUT2D eigenvalue weighted by Gasteiger charge is 2.15. The largest absolute Gasteiger partial charge is 0.481 e. The molecular weight excluding hydrogens is 309 g/mol. The molecular formula is C15H18FNO4S. The van der Waals surface area contributed by atoms with Crippen molar-refractivity contribution >= 4 is 21.0 Å². The summed E-state index contributed by atoms with van der Waals surface area (Å²) in [5, 5.41) is 0.799. The smallest absolute Gasteiger partial charge is 0.264 e. The van der Waals surface area contributed by atoms with Crippen LogP contribution in [0.3, 0.4) is 0 Å². The fourth-order valence-corrected chi connectivity index (χ4v) is 2.64. The van der Waals surface area contributed by atoms with Crippen molar-refractivity contribution in [3.8, 4) is 5.88 Å².